The first kappa shape index (κ1) is 19.2. The standard InChI is InChI=1S/C16H19N3O7S/c20-15(13-4-5-14(13)16(21)22)17-6-8-18(9-7-17)27(25,26)12-3-1-2-11(10-12)19(23)24/h1-3,10,13-14H,4-9H2,(H,21,22). The topological polar surface area (TPSA) is 138 Å². The fraction of sp³-hybridized carbons (Fsp3) is 0.500. The van der Waals surface area contributed by atoms with Crippen LogP contribution < -0.4 is 0 Å². The summed E-state index contributed by atoms with van der Waals surface area (Å²) >= 11 is 0. The summed E-state index contributed by atoms with van der Waals surface area (Å²) in [4.78, 5) is 35.1. The molecule has 11 heteroatoms. The Hall–Kier alpha value is -2.53. The third kappa shape index (κ3) is 3.65. The summed E-state index contributed by atoms with van der Waals surface area (Å²) in [5.41, 5.74) is -0.311. The summed E-state index contributed by atoms with van der Waals surface area (Å²) in [6.45, 7) is 0.439. The average Bonchev–Trinajstić information content (AvgIpc) is 2.60. The Balaban J connectivity index is 1.66. The van der Waals surface area contributed by atoms with Gasteiger partial charge in [0.05, 0.1) is 21.7 Å². The highest BCUT2D eigenvalue weighted by atomic mass is 32.2. The minimum absolute atomic E-state index is 0.0568. The second kappa shape index (κ2) is 7.24. The number of carbonyl (C=O) groups excluding carboxylic acids is 1. The van der Waals surface area contributed by atoms with Crippen molar-refractivity contribution in [3.05, 3.63) is 34.4 Å². The number of carboxylic acid groups (broad SMARTS) is 1. The highest BCUT2D eigenvalue weighted by Crippen LogP contribution is 2.36. The molecule has 0 radical (unpaired) electrons. The molecule has 10 nitrogen and oxygen atoms in total. The number of carboxylic acids is 1. The summed E-state index contributed by atoms with van der Waals surface area (Å²) in [6.07, 6.45) is 1.01. The van der Waals surface area contributed by atoms with Crippen LogP contribution in [0.15, 0.2) is 29.2 Å². The van der Waals surface area contributed by atoms with Gasteiger partial charge in [0.1, 0.15) is 0 Å². The van der Waals surface area contributed by atoms with Crippen LogP contribution in [0.5, 0.6) is 0 Å². The molecule has 1 aromatic carbocycles. The molecule has 146 valence electrons. The molecule has 1 saturated carbocycles. The summed E-state index contributed by atoms with van der Waals surface area (Å²) in [5.74, 6) is -2.43. The quantitative estimate of drug-likeness (QED) is 0.565. The number of amides is 1. The summed E-state index contributed by atoms with van der Waals surface area (Å²) < 4.78 is 26.6. The number of non-ortho nitro benzene ring substituents is 1. The Bertz CT molecular complexity index is 878. The van der Waals surface area contributed by atoms with Crippen LogP contribution in [0.4, 0.5) is 5.69 Å². The molecule has 27 heavy (non-hydrogen) atoms. The molecule has 0 bridgehead atoms. The van der Waals surface area contributed by atoms with E-state index in [0.29, 0.717) is 12.8 Å². The maximum atomic E-state index is 12.7. The molecule has 2 aliphatic rings. The Morgan fingerprint density at radius 1 is 1.11 bits per heavy atom. The van der Waals surface area contributed by atoms with Crippen molar-refractivity contribution in [1.29, 1.82) is 0 Å². The van der Waals surface area contributed by atoms with Gasteiger partial charge >= 0.3 is 5.97 Å². The van der Waals surface area contributed by atoms with Crippen molar-refractivity contribution in [1.82, 2.24) is 9.21 Å². The normalized spacial score (nSPS) is 23.5. The minimum Gasteiger partial charge on any atom is -0.481 e. The van der Waals surface area contributed by atoms with E-state index in [1.54, 1.807) is 0 Å². The average molecular weight is 397 g/mol. The van der Waals surface area contributed by atoms with Crippen molar-refractivity contribution in [2.45, 2.75) is 17.7 Å². The van der Waals surface area contributed by atoms with E-state index in [0.717, 1.165) is 6.07 Å². The molecule has 2 fully saturated rings. The van der Waals surface area contributed by atoms with Crippen LogP contribution >= 0.6 is 0 Å². The number of rotatable bonds is 5. The van der Waals surface area contributed by atoms with Crippen molar-refractivity contribution in [2.75, 3.05) is 26.2 Å². The number of nitrogens with zero attached hydrogens (tertiary/aromatic N) is 3. The number of hydrogen-bond acceptors (Lipinski definition) is 6. The van der Waals surface area contributed by atoms with E-state index in [2.05, 4.69) is 0 Å². The number of piperazine rings is 1. The van der Waals surface area contributed by atoms with Gasteiger partial charge in [0.15, 0.2) is 0 Å². The SMILES string of the molecule is O=C(O)C1CCC1C(=O)N1CCN(S(=O)(=O)c2cccc([N+](=O)[O-])c2)CC1. The van der Waals surface area contributed by atoms with E-state index < -0.39 is 32.8 Å². The first-order valence-corrected chi connectivity index (χ1v) is 9.92. The lowest BCUT2D eigenvalue weighted by atomic mass is 9.73. The molecule has 1 heterocycles. The van der Waals surface area contributed by atoms with Gasteiger partial charge in [-0.05, 0) is 18.9 Å². The van der Waals surface area contributed by atoms with Gasteiger partial charge in [0.25, 0.3) is 5.69 Å². The van der Waals surface area contributed by atoms with Crippen molar-refractivity contribution in [3.8, 4) is 0 Å². The zero-order chi connectivity index (χ0) is 19.8. The van der Waals surface area contributed by atoms with Crippen LogP contribution in [-0.2, 0) is 19.6 Å². The highest BCUT2D eigenvalue weighted by Gasteiger charge is 2.44. The fourth-order valence-corrected chi connectivity index (χ4v) is 4.84. The lowest BCUT2D eigenvalue weighted by Crippen LogP contribution is -2.54. The van der Waals surface area contributed by atoms with E-state index in [1.807, 2.05) is 0 Å². The van der Waals surface area contributed by atoms with Crippen molar-refractivity contribution in [2.24, 2.45) is 11.8 Å². The maximum absolute atomic E-state index is 12.7. The summed E-state index contributed by atoms with van der Waals surface area (Å²) in [6, 6.07) is 4.84. The van der Waals surface area contributed by atoms with Gasteiger partial charge in [0, 0.05) is 38.3 Å². The lowest BCUT2D eigenvalue weighted by molar-refractivity contribution is -0.385. The van der Waals surface area contributed by atoms with E-state index in [4.69, 9.17) is 5.11 Å². The molecular formula is C16H19N3O7S. The molecule has 0 spiro atoms. The van der Waals surface area contributed by atoms with Crippen molar-refractivity contribution in [3.63, 3.8) is 0 Å². The predicted molar refractivity (Wildman–Crippen MR) is 92.3 cm³/mol. The Morgan fingerprint density at radius 3 is 2.26 bits per heavy atom. The molecule has 2 atom stereocenters. The van der Waals surface area contributed by atoms with Crippen LogP contribution in [0.2, 0.25) is 0 Å². The lowest BCUT2D eigenvalue weighted by Gasteiger charge is -2.40. The van der Waals surface area contributed by atoms with E-state index in [1.165, 1.54) is 27.4 Å². The van der Waals surface area contributed by atoms with E-state index in [9.17, 15) is 28.1 Å². The van der Waals surface area contributed by atoms with Crippen LogP contribution in [0.3, 0.4) is 0 Å². The third-order valence-electron chi connectivity index (χ3n) is 5.13. The minimum atomic E-state index is -3.91. The van der Waals surface area contributed by atoms with Crippen molar-refractivity contribution >= 4 is 27.6 Å². The number of nitro groups is 1. The second-order valence-corrected chi connectivity index (χ2v) is 8.55. The number of hydrogen-bond donors (Lipinski definition) is 1. The van der Waals surface area contributed by atoms with E-state index >= 15 is 0 Å². The van der Waals surface area contributed by atoms with Crippen molar-refractivity contribution < 1.29 is 28.0 Å². The molecular weight excluding hydrogens is 378 g/mol. The van der Waals surface area contributed by atoms with Crippen LogP contribution in [0, 0.1) is 22.0 Å². The number of carbonyl (C=O) groups is 2. The Morgan fingerprint density at radius 2 is 1.74 bits per heavy atom. The van der Waals surface area contributed by atoms with Gasteiger partial charge in [0.2, 0.25) is 15.9 Å². The van der Waals surface area contributed by atoms with Gasteiger partial charge in [-0.2, -0.15) is 4.31 Å². The summed E-state index contributed by atoms with van der Waals surface area (Å²) in [7, 11) is -3.91. The Kier molecular flexibility index (Phi) is 5.16. The van der Waals surface area contributed by atoms with Gasteiger partial charge < -0.3 is 10.0 Å². The van der Waals surface area contributed by atoms with E-state index in [-0.39, 0.29) is 42.7 Å². The molecule has 1 amide bonds. The second-order valence-electron chi connectivity index (χ2n) is 6.61. The highest BCUT2D eigenvalue weighted by molar-refractivity contribution is 7.89. The number of nitro benzene ring substituents is 1. The molecule has 1 aromatic rings. The van der Waals surface area contributed by atoms with Crippen LogP contribution in [0.25, 0.3) is 0 Å². The molecule has 3 rings (SSSR count). The van der Waals surface area contributed by atoms with Gasteiger partial charge in [-0.1, -0.05) is 6.07 Å². The molecule has 2 unspecified atom stereocenters. The maximum Gasteiger partial charge on any atom is 0.307 e. The zero-order valence-electron chi connectivity index (χ0n) is 14.4. The van der Waals surface area contributed by atoms with Crippen LogP contribution in [-0.4, -0.2) is 65.7 Å². The van der Waals surface area contributed by atoms with Crippen LogP contribution in [0.1, 0.15) is 12.8 Å². The first-order chi connectivity index (χ1) is 12.7. The van der Waals surface area contributed by atoms with Gasteiger partial charge in [-0.25, -0.2) is 8.42 Å². The summed E-state index contributed by atoms with van der Waals surface area (Å²) in [5, 5.41) is 19.9. The smallest absolute Gasteiger partial charge is 0.307 e. The molecule has 1 aliphatic heterocycles. The fourth-order valence-electron chi connectivity index (χ4n) is 3.38. The third-order valence-corrected chi connectivity index (χ3v) is 7.02. The predicted octanol–water partition coefficient (Wildman–Crippen LogP) is 0.539. The number of aliphatic carboxylic acids is 1. The molecule has 1 aliphatic carbocycles. The molecule has 0 aromatic heterocycles. The monoisotopic (exact) mass is 397 g/mol. The van der Waals surface area contributed by atoms with Gasteiger partial charge in [-0.3, -0.25) is 19.7 Å². The number of benzene rings is 1. The van der Waals surface area contributed by atoms with Gasteiger partial charge in [-0.15, -0.1) is 0 Å². The zero-order valence-corrected chi connectivity index (χ0v) is 15.2. The largest absolute Gasteiger partial charge is 0.481 e. The molecule has 1 N–H and O–H groups in total. The first-order valence-electron chi connectivity index (χ1n) is 8.48. The molecule has 1 saturated heterocycles. The Labute approximate surface area is 155 Å². The number of sulfonamides is 1.